The number of amides is 1. The first-order valence-electron chi connectivity index (χ1n) is 7.76. The Morgan fingerprint density at radius 1 is 1.33 bits per heavy atom. The van der Waals surface area contributed by atoms with E-state index < -0.39 is 0 Å². The van der Waals surface area contributed by atoms with Crippen LogP contribution in [0.2, 0.25) is 0 Å². The van der Waals surface area contributed by atoms with Crippen molar-refractivity contribution in [3.8, 4) is 0 Å². The number of carbonyl (C=O) groups excluding carboxylic acids is 1. The summed E-state index contributed by atoms with van der Waals surface area (Å²) in [5.74, 6) is 2.21. The fourth-order valence-corrected chi connectivity index (χ4v) is 2.83. The van der Waals surface area contributed by atoms with E-state index in [1.165, 1.54) is 12.8 Å². The van der Waals surface area contributed by atoms with Crippen molar-refractivity contribution in [2.75, 3.05) is 12.3 Å². The topological polar surface area (TPSA) is 72.9 Å². The Balaban J connectivity index is 1.56. The molecule has 2 saturated carbocycles. The summed E-state index contributed by atoms with van der Waals surface area (Å²) in [5, 5.41) is 3.03. The molecular weight excluding hydrogens is 264 g/mol. The molecule has 2 fully saturated rings. The zero-order valence-electron chi connectivity index (χ0n) is 12.0. The van der Waals surface area contributed by atoms with Crippen LogP contribution in [0.1, 0.15) is 37.4 Å². The predicted octanol–water partition coefficient (Wildman–Crippen LogP) is 2.02. The summed E-state index contributed by atoms with van der Waals surface area (Å²) in [6.45, 7) is 1.45. The van der Waals surface area contributed by atoms with Gasteiger partial charge in [-0.1, -0.05) is 0 Å². The molecule has 5 heteroatoms. The molecule has 1 aromatic carbocycles. The minimum absolute atomic E-state index is 0.205. The number of fused-ring (bicyclic) bond motifs is 1. The van der Waals surface area contributed by atoms with Gasteiger partial charge in [0.1, 0.15) is 5.82 Å². The van der Waals surface area contributed by atoms with Gasteiger partial charge in [0, 0.05) is 30.6 Å². The van der Waals surface area contributed by atoms with E-state index in [4.69, 9.17) is 10.7 Å². The number of imidazole rings is 1. The lowest BCUT2D eigenvalue weighted by atomic mass is 10.3. The Labute approximate surface area is 123 Å². The first-order valence-corrected chi connectivity index (χ1v) is 7.76. The maximum absolute atomic E-state index is 11.7. The van der Waals surface area contributed by atoms with Crippen LogP contribution < -0.4 is 11.1 Å². The van der Waals surface area contributed by atoms with Crippen molar-refractivity contribution in [2.24, 2.45) is 5.92 Å². The van der Waals surface area contributed by atoms with Crippen LogP contribution in [-0.2, 0) is 11.3 Å². The number of nitrogen functional groups attached to an aromatic ring is 1. The van der Waals surface area contributed by atoms with E-state index in [9.17, 15) is 4.79 Å². The van der Waals surface area contributed by atoms with E-state index >= 15 is 0 Å². The number of carbonyl (C=O) groups is 1. The van der Waals surface area contributed by atoms with Crippen molar-refractivity contribution >= 4 is 22.6 Å². The van der Waals surface area contributed by atoms with Crippen LogP contribution in [0.5, 0.6) is 0 Å². The van der Waals surface area contributed by atoms with Crippen LogP contribution >= 0.6 is 0 Å². The van der Waals surface area contributed by atoms with Gasteiger partial charge in [-0.2, -0.15) is 0 Å². The fraction of sp³-hybridized carbons (Fsp3) is 0.500. The molecule has 0 bridgehead atoms. The van der Waals surface area contributed by atoms with E-state index in [1.807, 2.05) is 18.2 Å². The first-order chi connectivity index (χ1) is 10.2. The van der Waals surface area contributed by atoms with Gasteiger partial charge in [0.2, 0.25) is 5.91 Å². The highest BCUT2D eigenvalue weighted by Crippen LogP contribution is 2.40. The summed E-state index contributed by atoms with van der Waals surface area (Å²) in [5.41, 5.74) is 8.68. The lowest BCUT2D eigenvalue weighted by Crippen LogP contribution is -2.28. The second kappa shape index (κ2) is 4.76. The lowest BCUT2D eigenvalue weighted by molar-refractivity contribution is -0.122. The first kappa shape index (κ1) is 12.7. The van der Waals surface area contributed by atoms with Crippen LogP contribution in [0.25, 0.3) is 11.0 Å². The van der Waals surface area contributed by atoms with E-state index in [0.29, 0.717) is 12.5 Å². The third-order valence-electron chi connectivity index (χ3n) is 4.33. The molecule has 2 aliphatic rings. The van der Waals surface area contributed by atoms with Crippen molar-refractivity contribution in [2.45, 2.75) is 38.1 Å². The molecule has 0 aliphatic heterocycles. The Morgan fingerprint density at radius 2 is 2.14 bits per heavy atom. The molecule has 4 rings (SSSR count). The number of nitrogens with two attached hydrogens (primary N) is 1. The monoisotopic (exact) mass is 284 g/mol. The molecular formula is C16H20N4O. The number of hydrogen-bond donors (Lipinski definition) is 2. The van der Waals surface area contributed by atoms with Crippen LogP contribution in [0.4, 0.5) is 5.69 Å². The standard InChI is InChI=1S/C16H20N4O/c17-12-5-6-14-13(9-12)19-15(10-1-2-10)20(14)8-7-18-16(21)11-3-4-11/h5-6,9-11H,1-4,7-8,17H2,(H,18,21). The number of aromatic nitrogens is 2. The maximum atomic E-state index is 11.7. The van der Waals surface area contributed by atoms with Gasteiger partial charge < -0.3 is 15.6 Å². The van der Waals surface area contributed by atoms with Crippen LogP contribution in [-0.4, -0.2) is 22.0 Å². The van der Waals surface area contributed by atoms with Gasteiger partial charge in [-0.25, -0.2) is 4.98 Å². The highest BCUT2D eigenvalue weighted by atomic mass is 16.2. The van der Waals surface area contributed by atoms with Crippen molar-refractivity contribution in [1.29, 1.82) is 0 Å². The van der Waals surface area contributed by atoms with Crippen LogP contribution in [0.3, 0.4) is 0 Å². The summed E-state index contributed by atoms with van der Waals surface area (Å²) in [6, 6.07) is 5.88. The number of rotatable bonds is 5. The van der Waals surface area contributed by atoms with Gasteiger partial charge in [0.05, 0.1) is 11.0 Å². The number of nitrogens with zero attached hydrogens (tertiary/aromatic N) is 2. The third kappa shape index (κ3) is 2.48. The second-order valence-corrected chi connectivity index (χ2v) is 6.21. The maximum Gasteiger partial charge on any atom is 0.223 e. The lowest BCUT2D eigenvalue weighted by Gasteiger charge is -2.10. The largest absolute Gasteiger partial charge is 0.399 e. The molecule has 5 nitrogen and oxygen atoms in total. The van der Waals surface area contributed by atoms with Gasteiger partial charge in [-0.3, -0.25) is 4.79 Å². The Hall–Kier alpha value is -2.04. The third-order valence-corrected chi connectivity index (χ3v) is 4.33. The normalized spacial score (nSPS) is 18.1. The SMILES string of the molecule is Nc1ccc2c(c1)nc(C1CC1)n2CCNC(=O)C1CC1. The molecule has 0 radical (unpaired) electrons. The van der Waals surface area contributed by atoms with Gasteiger partial charge in [-0.15, -0.1) is 0 Å². The van der Waals surface area contributed by atoms with E-state index in [0.717, 1.165) is 41.9 Å². The molecule has 0 spiro atoms. The smallest absolute Gasteiger partial charge is 0.223 e. The summed E-state index contributed by atoms with van der Waals surface area (Å²) in [6.07, 6.45) is 4.53. The minimum atomic E-state index is 0.205. The van der Waals surface area contributed by atoms with Crippen molar-refractivity contribution in [1.82, 2.24) is 14.9 Å². The van der Waals surface area contributed by atoms with Crippen LogP contribution in [0, 0.1) is 5.92 Å². The molecule has 2 aromatic rings. The molecule has 0 saturated heterocycles. The molecule has 110 valence electrons. The second-order valence-electron chi connectivity index (χ2n) is 6.21. The molecule has 3 N–H and O–H groups in total. The van der Waals surface area contributed by atoms with E-state index in [-0.39, 0.29) is 11.8 Å². The Kier molecular flexibility index (Phi) is 2.87. The number of nitrogens with one attached hydrogen (secondary N) is 1. The highest BCUT2D eigenvalue weighted by Gasteiger charge is 2.31. The molecule has 1 amide bonds. The van der Waals surface area contributed by atoms with Gasteiger partial charge in [0.15, 0.2) is 0 Å². The molecule has 2 aliphatic carbocycles. The Bertz CT molecular complexity index is 698. The zero-order valence-corrected chi connectivity index (χ0v) is 12.0. The summed E-state index contributed by atoms with van der Waals surface area (Å²) in [4.78, 5) is 16.5. The number of benzene rings is 1. The molecule has 0 atom stereocenters. The molecule has 1 aromatic heterocycles. The van der Waals surface area contributed by atoms with E-state index in [2.05, 4.69) is 9.88 Å². The Morgan fingerprint density at radius 3 is 2.86 bits per heavy atom. The average Bonchev–Trinajstić information content (AvgIpc) is 3.36. The predicted molar refractivity (Wildman–Crippen MR) is 81.9 cm³/mol. The molecule has 1 heterocycles. The van der Waals surface area contributed by atoms with Crippen molar-refractivity contribution in [3.63, 3.8) is 0 Å². The molecule has 0 unspecified atom stereocenters. The quantitative estimate of drug-likeness (QED) is 0.825. The van der Waals surface area contributed by atoms with Gasteiger partial charge in [0.25, 0.3) is 0 Å². The number of hydrogen-bond acceptors (Lipinski definition) is 3. The van der Waals surface area contributed by atoms with Gasteiger partial charge >= 0.3 is 0 Å². The van der Waals surface area contributed by atoms with Crippen molar-refractivity contribution < 1.29 is 4.79 Å². The van der Waals surface area contributed by atoms with E-state index in [1.54, 1.807) is 0 Å². The van der Waals surface area contributed by atoms with Crippen molar-refractivity contribution in [3.05, 3.63) is 24.0 Å². The van der Waals surface area contributed by atoms with Crippen LogP contribution in [0.15, 0.2) is 18.2 Å². The average molecular weight is 284 g/mol. The van der Waals surface area contributed by atoms with Gasteiger partial charge in [-0.05, 0) is 43.9 Å². The summed E-state index contributed by atoms with van der Waals surface area (Å²) in [7, 11) is 0. The highest BCUT2D eigenvalue weighted by molar-refractivity contribution is 5.81. The fourth-order valence-electron chi connectivity index (χ4n) is 2.83. The zero-order chi connectivity index (χ0) is 14.4. The number of anilines is 1. The minimum Gasteiger partial charge on any atom is -0.399 e. The molecule has 21 heavy (non-hydrogen) atoms. The summed E-state index contributed by atoms with van der Waals surface area (Å²) >= 11 is 0. The summed E-state index contributed by atoms with van der Waals surface area (Å²) < 4.78 is 2.25.